The molecule has 3 rings (SSSR count). The average molecular weight is 279 g/mol. The lowest BCUT2D eigenvalue weighted by molar-refractivity contribution is 0.977. The Hall–Kier alpha value is -2.82. The molecule has 2 aromatic carbocycles. The summed E-state index contributed by atoms with van der Waals surface area (Å²) < 4.78 is 0. The molecule has 0 spiro atoms. The SMILES string of the molecule is N=C(N=C(N)N)N1c2ccccc2CCc2ccccc21. The first-order valence-corrected chi connectivity index (χ1v) is 6.81. The monoisotopic (exact) mass is 279 g/mol. The van der Waals surface area contributed by atoms with E-state index in [1.165, 1.54) is 11.1 Å². The molecule has 1 aliphatic heterocycles. The van der Waals surface area contributed by atoms with Crippen LogP contribution in [0.3, 0.4) is 0 Å². The predicted octanol–water partition coefficient (Wildman–Crippen LogP) is 2.13. The van der Waals surface area contributed by atoms with Gasteiger partial charge in [-0.3, -0.25) is 10.3 Å². The topological polar surface area (TPSA) is 91.5 Å². The highest BCUT2D eigenvalue weighted by molar-refractivity contribution is 6.07. The second-order valence-electron chi connectivity index (χ2n) is 4.95. The number of hydrogen-bond acceptors (Lipinski definition) is 1. The second kappa shape index (κ2) is 5.28. The molecule has 0 amide bonds. The van der Waals surface area contributed by atoms with Crippen molar-refractivity contribution >= 4 is 23.3 Å². The average Bonchev–Trinajstić information content (AvgIpc) is 2.63. The molecule has 2 aromatic rings. The summed E-state index contributed by atoms with van der Waals surface area (Å²) in [7, 11) is 0. The first-order valence-electron chi connectivity index (χ1n) is 6.81. The molecule has 5 nitrogen and oxygen atoms in total. The number of nitrogens with zero attached hydrogens (tertiary/aromatic N) is 2. The predicted molar refractivity (Wildman–Crippen MR) is 86.0 cm³/mol. The fraction of sp³-hybridized carbons (Fsp3) is 0.125. The summed E-state index contributed by atoms with van der Waals surface area (Å²) in [6, 6.07) is 16.1. The van der Waals surface area contributed by atoms with Gasteiger partial charge in [0.05, 0.1) is 11.4 Å². The number of aliphatic imine (C=N–C) groups is 1. The number of para-hydroxylation sites is 2. The number of rotatable bonds is 0. The van der Waals surface area contributed by atoms with Crippen molar-refractivity contribution in [1.82, 2.24) is 0 Å². The van der Waals surface area contributed by atoms with Gasteiger partial charge < -0.3 is 11.5 Å². The Kier molecular flexibility index (Phi) is 3.31. The minimum Gasteiger partial charge on any atom is -0.370 e. The van der Waals surface area contributed by atoms with Crippen molar-refractivity contribution in [1.29, 1.82) is 5.41 Å². The second-order valence-corrected chi connectivity index (χ2v) is 4.95. The Balaban J connectivity index is 2.20. The van der Waals surface area contributed by atoms with Crippen LogP contribution in [0.25, 0.3) is 0 Å². The summed E-state index contributed by atoms with van der Waals surface area (Å²) in [6.45, 7) is 0. The van der Waals surface area contributed by atoms with Crippen LogP contribution in [0.15, 0.2) is 53.5 Å². The Morgan fingerprint density at radius 1 is 0.905 bits per heavy atom. The third-order valence-corrected chi connectivity index (χ3v) is 3.58. The first-order chi connectivity index (χ1) is 10.2. The number of anilines is 2. The molecule has 0 fully saturated rings. The van der Waals surface area contributed by atoms with Crippen LogP contribution in [0.1, 0.15) is 11.1 Å². The van der Waals surface area contributed by atoms with Crippen LogP contribution in [-0.4, -0.2) is 11.9 Å². The third-order valence-electron chi connectivity index (χ3n) is 3.58. The smallest absolute Gasteiger partial charge is 0.230 e. The number of benzene rings is 2. The molecule has 0 aromatic heterocycles. The van der Waals surface area contributed by atoms with Gasteiger partial charge in [0.15, 0.2) is 5.96 Å². The molecular weight excluding hydrogens is 262 g/mol. The zero-order chi connectivity index (χ0) is 14.8. The van der Waals surface area contributed by atoms with Crippen LogP contribution >= 0.6 is 0 Å². The van der Waals surface area contributed by atoms with Gasteiger partial charge in [-0.15, -0.1) is 0 Å². The third kappa shape index (κ3) is 2.45. The summed E-state index contributed by atoms with van der Waals surface area (Å²) >= 11 is 0. The highest BCUT2D eigenvalue weighted by Gasteiger charge is 2.23. The lowest BCUT2D eigenvalue weighted by Crippen LogP contribution is -2.30. The lowest BCUT2D eigenvalue weighted by atomic mass is 10.0. The number of hydrogen-bond donors (Lipinski definition) is 3. The summed E-state index contributed by atoms with van der Waals surface area (Å²) in [4.78, 5) is 5.72. The number of aryl methyl sites for hydroxylation is 2. The Morgan fingerprint density at radius 2 is 1.38 bits per heavy atom. The standard InChI is InChI=1S/C16H17N5/c17-15(18)20-16(19)21-13-7-3-1-5-11(13)9-10-12-6-2-4-8-14(12)21/h1-8H,9-10H2,(H5,17,18,19,20). The minimum atomic E-state index is -0.112. The molecule has 0 saturated heterocycles. The minimum absolute atomic E-state index is 0.0248. The molecule has 5 heteroatoms. The molecule has 0 atom stereocenters. The van der Waals surface area contributed by atoms with E-state index in [0.29, 0.717) is 0 Å². The fourth-order valence-corrected chi connectivity index (χ4v) is 2.68. The van der Waals surface area contributed by atoms with E-state index in [4.69, 9.17) is 16.9 Å². The molecule has 1 aliphatic rings. The van der Waals surface area contributed by atoms with Gasteiger partial charge in [0.1, 0.15) is 0 Å². The van der Waals surface area contributed by atoms with E-state index in [1.807, 2.05) is 36.4 Å². The molecule has 0 radical (unpaired) electrons. The van der Waals surface area contributed by atoms with Gasteiger partial charge >= 0.3 is 0 Å². The fourth-order valence-electron chi connectivity index (χ4n) is 2.68. The Labute approximate surface area is 123 Å². The Morgan fingerprint density at radius 3 is 1.86 bits per heavy atom. The van der Waals surface area contributed by atoms with Gasteiger partial charge in [0.2, 0.25) is 5.96 Å². The number of nitrogens with two attached hydrogens (primary N) is 2. The van der Waals surface area contributed by atoms with Gasteiger partial charge in [-0.1, -0.05) is 36.4 Å². The van der Waals surface area contributed by atoms with Crippen molar-refractivity contribution in [2.75, 3.05) is 4.90 Å². The molecule has 21 heavy (non-hydrogen) atoms. The van der Waals surface area contributed by atoms with Crippen LogP contribution < -0.4 is 16.4 Å². The van der Waals surface area contributed by atoms with E-state index in [1.54, 1.807) is 4.90 Å². The number of nitrogens with one attached hydrogen (secondary N) is 1. The molecule has 0 unspecified atom stereocenters. The van der Waals surface area contributed by atoms with E-state index in [0.717, 1.165) is 24.2 Å². The van der Waals surface area contributed by atoms with E-state index >= 15 is 0 Å². The molecule has 1 heterocycles. The molecule has 5 N–H and O–H groups in total. The number of fused-ring (bicyclic) bond motifs is 2. The first kappa shape index (κ1) is 13.2. The van der Waals surface area contributed by atoms with Gasteiger partial charge in [0.25, 0.3) is 0 Å². The maximum Gasteiger partial charge on any atom is 0.230 e. The van der Waals surface area contributed by atoms with Gasteiger partial charge in [-0.05, 0) is 36.1 Å². The molecule has 0 aliphatic carbocycles. The van der Waals surface area contributed by atoms with Gasteiger partial charge in [-0.25, -0.2) is 0 Å². The van der Waals surface area contributed by atoms with Crippen molar-refractivity contribution in [2.45, 2.75) is 12.8 Å². The zero-order valence-corrected chi connectivity index (χ0v) is 11.6. The highest BCUT2D eigenvalue weighted by Crippen LogP contribution is 2.36. The van der Waals surface area contributed by atoms with E-state index in [9.17, 15) is 0 Å². The maximum absolute atomic E-state index is 8.25. The van der Waals surface area contributed by atoms with Crippen molar-refractivity contribution in [3.63, 3.8) is 0 Å². The molecule has 0 saturated carbocycles. The normalized spacial score (nSPS) is 12.9. The summed E-state index contributed by atoms with van der Waals surface area (Å²) in [6.07, 6.45) is 1.86. The van der Waals surface area contributed by atoms with Gasteiger partial charge in [0, 0.05) is 0 Å². The zero-order valence-electron chi connectivity index (χ0n) is 11.6. The van der Waals surface area contributed by atoms with Crippen LogP contribution in [0, 0.1) is 5.41 Å². The Bertz CT molecular complexity index is 669. The van der Waals surface area contributed by atoms with Gasteiger partial charge in [-0.2, -0.15) is 4.99 Å². The van der Waals surface area contributed by atoms with Crippen LogP contribution in [0.4, 0.5) is 11.4 Å². The van der Waals surface area contributed by atoms with E-state index < -0.39 is 0 Å². The van der Waals surface area contributed by atoms with E-state index in [-0.39, 0.29) is 11.9 Å². The maximum atomic E-state index is 8.25. The number of guanidine groups is 2. The quantitative estimate of drug-likeness (QED) is 0.509. The highest BCUT2D eigenvalue weighted by atomic mass is 15.3. The molecule has 0 bridgehead atoms. The summed E-state index contributed by atoms with van der Waals surface area (Å²) in [5, 5.41) is 8.25. The lowest BCUT2D eigenvalue weighted by Gasteiger charge is -2.24. The van der Waals surface area contributed by atoms with Crippen LogP contribution in [0.5, 0.6) is 0 Å². The van der Waals surface area contributed by atoms with Crippen molar-refractivity contribution in [2.24, 2.45) is 16.5 Å². The molecular formula is C16H17N5. The van der Waals surface area contributed by atoms with Crippen molar-refractivity contribution < 1.29 is 0 Å². The van der Waals surface area contributed by atoms with Crippen LogP contribution in [0.2, 0.25) is 0 Å². The molecule has 106 valence electrons. The van der Waals surface area contributed by atoms with E-state index in [2.05, 4.69) is 17.1 Å². The largest absolute Gasteiger partial charge is 0.370 e. The summed E-state index contributed by atoms with van der Waals surface area (Å²) in [5.41, 5.74) is 15.2. The van der Waals surface area contributed by atoms with Crippen molar-refractivity contribution in [3.8, 4) is 0 Å². The van der Waals surface area contributed by atoms with Crippen LogP contribution in [-0.2, 0) is 12.8 Å². The summed E-state index contributed by atoms with van der Waals surface area (Å²) in [5.74, 6) is -0.0870. The van der Waals surface area contributed by atoms with Crippen molar-refractivity contribution in [3.05, 3.63) is 59.7 Å².